The van der Waals surface area contributed by atoms with Gasteiger partial charge in [0.15, 0.2) is 0 Å². The van der Waals surface area contributed by atoms with E-state index in [0.717, 1.165) is 6.54 Å². The van der Waals surface area contributed by atoms with Crippen LogP contribution >= 0.6 is 0 Å². The zero-order valence-electron chi connectivity index (χ0n) is 13.0. The van der Waals surface area contributed by atoms with Crippen molar-refractivity contribution in [1.29, 1.82) is 0 Å². The first-order valence-corrected chi connectivity index (χ1v) is 7.83. The molecule has 1 fully saturated rings. The van der Waals surface area contributed by atoms with Crippen molar-refractivity contribution in [1.82, 2.24) is 9.80 Å². The SMILES string of the molecule is CN1CCN(C2CCc3ccccc3NC2)CC1(C)C. The first-order chi connectivity index (χ1) is 9.56. The Labute approximate surface area is 123 Å². The molecule has 0 spiro atoms. The second kappa shape index (κ2) is 5.38. The number of benzene rings is 1. The van der Waals surface area contributed by atoms with Crippen molar-refractivity contribution < 1.29 is 0 Å². The summed E-state index contributed by atoms with van der Waals surface area (Å²) in [5, 5.41) is 3.66. The van der Waals surface area contributed by atoms with Gasteiger partial charge in [0.05, 0.1) is 0 Å². The molecule has 3 rings (SSSR count). The van der Waals surface area contributed by atoms with E-state index in [1.54, 1.807) is 0 Å². The van der Waals surface area contributed by atoms with E-state index in [2.05, 4.69) is 60.3 Å². The zero-order valence-corrected chi connectivity index (χ0v) is 13.0. The third kappa shape index (κ3) is 2.70. The number of hydrogen-bond acceptors (Lipinski definition) is 3. The van der Waals surface area contributed by atoms with Crippen LogP contribution in [-0.4, -0.2) is 54.6 Å². The fourth-order valence-electron chi connectivity index (χ4n) is 3.46. The van der Waals surface area contributed by atoms with Crippen LogP contribution < -0.4 is 5.32 Å². The maximum absolute atomic E-state index is 3.66. The molecule has 0 saturated carbocycles. The summed E-state index contributed by atoms with van der Waals surface area (Å²) in [4.78, 5) is 5.18. The average Bonchev–Trinajstić information content (AvgIpc) is 2.64. The molecule has 2 aliphatic heterocycles. The van der Waals surface area contributed by atoms with E-state index >= 15 is 0 Å². The summed E-state index contributed by atoms with van der Waals surface area (Å²) in [6.45, 7) is 9.35. The Hall–Kier alpha value is -1.06. The Morgan fingerprint density at radius 3 is 2.80 bits per heavy atom. The van der Waals surface area contributed by atoms with E-state index in [1.807, 2.05) is 0 Å². The molecule has 20 heavy (non-hydrogen) atoms. The number of hydrogen-bond donors (Lipinski definition) is 1. The Morgan fingerprint density at radius 1 is 1.20 bits per heavy atom. The summed E-state index contributed by atoms with van der Waals surface area (Å²) in [5.74, 6) is 0. The number of nitrogens with one attached hydrogen (secondary N) is 1. The van der Waals surface area contributed by atoms with Gasteiger partial charge in [-0.05, 0) is 45.4 Å². The smallest absolute Gasteiger partial charge is 0.0373 e. The molecule has 0 aromatic heterocycles. The van der Waals surface area contributed by atoms with Crippen molar-refractivity contribution in [3.8, 4) is 0 Å². The Morgan fingerprint density at radius 2 is 2.00 bits per heavy atom. The molecule has 1 unspecified atom stereocenters. The van der Waals surface area contributed by atoms with Gasteiger partial charge in [0.1, 0.15) is 0 Å². The van der Waals surface area contributed by atoms with Crippen LogP contribution in [0, 0.1) is 0 Å². The van der Waals surface area contributed by atoms with Gasteiger partial charge in [0.25, 0.3) is 0 Å². The fourth-order valence-corrected chi connectivity index (χ4v) is 3.46. The molecule has 2 aliphatic rings. The second-order valence-corrected chi connectivity index (χ2v) is 6.94. The van der Waals surface area contributed by atoms with E-state index in [9.17, 15) is 0 Å². The quantitative estimate of drug-likeness (QED) is 0.848. The van der Waals surface area contributed by atoms with Gasteiger partial charge in [0.2, 0.25) is 0 Å². The second-order valence-electron chi connectivity index (χ2n) is 6.94. The van der Waals surface area contributed by atoms with Gasteiger partial charge in [-0.1, -0.05) is 18.2 Å². The van der Waals surface area contributed by atoms with Crippen LogP contribution in [0.5, 0.6) is 0 Å². The molecular formula is C17H27N3. The normalized spacial score (nSPS) is 27.4. The summed E-state index contributed by atoms with van der Waals surface area (Å²) in [6, 6.07) is 9.42. The van der Waals surface area contributed by atoms with Gasteiger partial charge in [-0.15, -0.1) is 0 Å². The third-order valence-corrected chi connectivity index (χ3v) is 5.15. The minimum Gasteiger partial charge on any atom is -0.383 e. The predicted molar refractivity (Wildman–Crippen MR) is 85.3 cm³/mol. The summed E-state index contributed by atoms with van der Waals surface area (Å²) in [7, 11) is 2.25. The lowest BCUT2D eigenvalue weighted by molar-refractivity contribution is 0.0180. The van der Waals surface area contributed by atoms with Gasteiger partial charge in [-0.25, -0.2) is 0 Å². The minimum atomic E-state index is 0.289. The molecule has 1 N–H and O–H groups in total. The predicted octanol–water partition coefficient (Wildman–Crippen LogP) is 2.44. The molecule has 1 aromatic rings. The molecule has 110 valence electrons. The van der Waals surface area contributed by atoms with E-state index in [4.69, 9.17) is 0 Å². The molecular weight excluding hydrogens is 246 g/mol. The molecule has 3 nitrogen and oxygen atoms in total. The van der Waals surface area contributed by atoms with Gasteiger partial charge >= 0.3 is 0 Å². The number of rotatable bonds is 1. The molecule has 0 aliphatic carbocycles. The van der Waals surface area contributed by atoms with Gasteiger partial charge in [0, 0.05) is 43.4 Å². The van der Waals surface area contributed by atoms with Crippen LogP contribution in [-0.2, 0) is 6.42 Å². The third-order valence-electron chi connectivity index (χ3n) is 5.15. The number of likely N-dealkylation sites (N-methyl/N-ethyl adjacent to an activating group) is 1. The molecule has 1 saturated heterocycles. The highest BCUT2D eigenvalue weighted by Gasteiger charge is 2.34. The lowest BCUT2D eigenvalue weighted by Crippen LogP contribution is -2.60. The maximum atomic E-state index is 3.66. The Balaban J connectivity index is 1.68. The van der Waals surface area contributed by atoms with E-state index in [0.29, 0.717) is 6.04 Å². The number of anilines is 1. The lowest BCUT2D eigenvalue weighted by atomic mass is 9.97. The van der Waals surface area contributed by atoms with Gasteiger partial charge in [-0.2, -0.15) is 0 Å². The summed E-state index contributed by atoms with van der Waals surface area (Å²) >= 11 is 0. The van der Waals surface area contributed by atoms with Crippen molar-refractivity contribution in [3.63, 3.8) is 0 Å². The molecule has 1 aromatic carbocycles. The van der Waals surface area contributed by atoms with E-state index < -0.39 is 0 Å². The highest BCUT2D eigenvalue weighted by atomic mass is 15.3. The van der Waals surface area contributed by atoms with Crippen molar-refractivity contribution in [2.45, 2.75) is 38.3 Å². The van der Waals surface area contributed by atoms with Crippen LogP contribution in [0.25, 0.3) is 0 Å². The number of aryl methyl sites for hydroxylation is 1. The zero-order chi connectivity index (χ0) is 14.2. The Kier molecular flexibility index (Phi) is 3.74. The average molecular weight is 273 g/mol. The number of nitrogens with zero attached hydrogens (tertiary/aromatic N) is 2. The van der Waals surface area contributed by atoms with E-state index in [-0.39, 0.29) is 5.54 Å². The summed E-state index contributed by atoms with van der Waals surface area (Å²) in [6.07, 6.45) is 2.46. The minimum absolute atomic E-state index is 0.289. The highest BCUT2D eigenvalue weighted by molar-refractivity contribution is 5.52. The molecule has 0 radical (unpaired) electrons. The largest absolute Gasteiger partial charge is 0.383 e. The lowest BCUT2D eigenvalue weighted by Gasteiger charge is -2.48. The van der Waals surface area contributed by atoms with E-state index in [1.165, 1.54) is 43.7 Å². The van der Waals surface area contributed by atoms with Crippen LogP contribution in [0.3, 0.4) is 0 Å². The molecule has 2 heterocycles. The number of piperazine rings is 1. The van der Waals surface area contributed by atoms with Crippen molar-refractivity contribution in [2.75, 3.05) is 38.5 Å². The van der Waals surface area contributed by atoms with Crippen LogP contribution in [0.2, 0.25) is 0 Å². The van der Waals surface area contributed by atoms with Gasteiger partial charge < -0.3 is 5.32 Å². The monoisotopic (exact) mass is 273 g/mol. The summed E-state index contributed by atoms with van der Waals surface area (Å²) in [5.41, 5.74) is 3.10. The molecule has 1 atom stereocenters. The summed E-state index contributed by atoms with van der Waals surface area (Å²) < 4.78 is 0. The molecule has 3 heteroatoms. The van der Waals surface area contributed by atoms with Crippen molar-refractivity contribution >= 4 is 5.69 Å². The number of fused-ring (bicyclic) bond motifs is 1. The molecule has 0 bridgehead atoms. The van der Waals surface area contributed by atoms with Crippen molar-refractivity contribution in [3.05, 3.63) is 29.8 Å². The van der Waals surface area contributed by atoms with Crippen LogP contribution in [0.4, 0.5) is 5.69 Å². The first-order valence-electron chi connectivity index (χ1n) is 7.83. The topological polar surface area (TPSA) is 18.5 Å². The first kappa shape index (κ1) is 13.9. The van der Waals surface area contributed by atoms with Gasteiger partial charge in [-0.3, -0.25) is 9.80 Å². The van der Waals surface area contributed by atoms with Crippen LogP contribution in [0.1, 0.15) is 25.8 Å². The maximum Gasteiger partial charge on any atom is 0.0373 e. The fraction of sp³-hybridized carbons (Fsp3) is 0.647. The van der Waals surface area contributed by atoms with Crippen LogP contribution in [0.15, 0.2) is 24.3 Å². The van der Waals surface area contributed by atoms with Crippen molar-refractivity contribution in [2.24, 2.45) is 0 Å². The molecule has 0 amide bonds. The standard InChI is InChI=1S/C17H27N3/c1-17(2)13-20(11-10-19(17)3)15-9-8-14-6-4-5-7-16(14)18-12-15/h4-7,15,18H,8-13H2,1-3H3. The Bertz CT molecular complexity index is 442. The highest BCUT2D eigenvalue weighted by Crippen LogP contribution is 2.26. The number of para-hydroxylation sites is 1.